The number of nitrogens with one attached hydrogen (secondary N) is 1. The first-order valence-electron chi connectivity index (χ1n) is 6.83. The van der Waals surface area contributed by atoms with E-state index in [0.717, 1.165) is 29.4 Å². The monoisotopic (exact) mass is 337 g/mol. The number of aromatic nitrogens is 2. The lowest BCUT2D eigenvalue weighted by molar-refractivity contribution is 0.451. The van der Waals surface area contributed by atoms with Gasteiger partial charge in [-0.1, -0.05) is 22.0 Å². The third-order valence-electron chi connectivity index (χ3n) is 3.93. The van der Waals surface area contributed by atoms with Gasteiger partial charge in [0.25, 0.3) is 0 Å². The van der Waals surface area contributed by atoms with Gasteiger partial charge in [-0.2, -0.15) is 5.10 Å². The van der Waals surface area contributed by atoms with Crippen LogP contribution in [0.4, 0.5) is 4.39 Å². The van der Waals surface area contributed by atoms with Gasteiger partial charge in [0.2, 0.25) is 0 Å². The molecule has 0 saturated heterocycles. The fourth-order valence-electron chi connectivity index (χ4n) is 2.82. The van der Waals surface area contributed by atoms with Crippen LogP contribution in [-0.2, 0) is 20.0 Å². The summed E-state index contributed by atoms with van der Waals surface area (Å²) in [7, 11) is 2.00. The van der Waals surface area contributed by atoms with Crippen molar-refractivity contribution in [1.82, 2.24) is 15.1 Å². The topological polar surface area (TPSA) is 29.9 Å². The Hall–Kier alpha value is -1.20. The Bertz CT molecular complexity index is 624. The molecule has 0 aliphatic heterocycles. The lowest BCUT2D eigenvalue weighted by atomic mass is 9.93. The van der Waals surface area contributed by atoms with E-state index in [1.165, 1.54) is 29.8 Å². The van der Waals surface area contributed by atoms with Crippen molar-refractivity contribution in [3.05, 3.63) is 51.5 Å². The lowest BCUT2D eigenvalue weighted by Gasteiger charge is -2.24. The fourth-order valence-corrected chi connectivity index (χ4v) is 3.31. The molecule has 3 rings (SSSR count). The molecule has 0 bridgehead atoms. The molecule has 1 atom stereocenters. The van der Waals surface area contributed by atoms with Crippen molar-refractivity contribution >= 4 is 15.9 Å². The third-order valence-corrected chi connectivity index (χ3v) is 4.67. The van der Waals surface area contributed by atoms with Crippen molar-refractivity contribution in [2.24, 2.45) is 7.05 Å². The average Bonchev–Trinajstić information content (AvgIpc) is 2.80. The molecule has 1 N–H and O–H groups in total. The van der Waals surface area contributed by atoms with Crippen molar-refractivity contribution in [3.63, 3.8) is 0 Å². The molecule has 1 heterocycles. The first-order chi connectivity index (χ1) is 9.65. The van der Waals surface area contributed by atoms with Gasteiger partial charge in [0.15, 0.2) is 0 Å². The van der Waals surface area contributed by atoms with E-state index in [-0.39, 0.29) is 5.82 Å². The van der Waals surface area contributed by atoms with Gasteiger partial charge in [-0.3, -0.25) is 4.68 Å². The van der Waals surface area contributed by atoms with Crippen LogP contribution < -0.4 is 5.32 Å². The number of hydrogen-bond acceptors (Lipinski definition) is 2. The number of hydrogen-bond donors (Lipinski definition) is 1. The molecule has 1 aliphatic rings. The molecule has 1 unspecified atom stereocenters. The van der Waals surface area contributed by atoms with Gasteiger partial charge in [-0.25, -0.2) is 4.39 Å². The maximum atomic E-state index is 13.1. The summed E-state index contributed by atoms with van der Waals surface area (Å²) >= 11 is 3.41. The Labute approximate surface area is 126 Å². The second-order valence-electron chi connectivity index (χ2n) is 5.23. The second kappa shape index (κ2) is 5.66. The van der Waals surface area contributed by atoms with E-state index in [2.05, 4.69) is 26.3 Å². The van der Waals surface area contributed by atoms with Gasteiger partial charge in [0, 0.05) is 35.4 Å². The van der Waals surface area contributed by atoms with E-state index in [4.69, 9.17) is 0 Å². The third kappa shape index (κ3) is 2.65. The summed E-state index contributed by atoms with van der Waals surface area (Å²) in [6, 6.07) is 5.16. The molecular weight excluding hydrogens is 321 g/mol. The second-order valence-corrected chi connectivity index (χ2v) is 6.09. The van der Waals surface area contributed by atoms with Crippen LogP contribution >= 0.6 is 15.9 Å². The summed E-state index contributed by atoms with van der Waals surface area (Å²) in [6.07, 6.45) is 5.36. The van der Waals surface area contributed by atoms with E-state index in [1.807, 2.05) is 24.0 Å². The van der Waals surface area contributed by atoms with E-state index in [0.29, 0.717) is 6.04 Å². The van der Waals surface area contributed by atoms with Crippen molar-refractivity contribution in [3.8, 4) is 0 Å². The Morgan fingerprint density at radius 2 is 2.35 bits per heavy atom. The summed E-state index contributed by atoms with van der Waals surface area (Å²) in [4.78, 5) is 0. The predicted octanol–water partition coefficient (Wildman–Crippen LogP) is 3.49. The smallest absolute Gasteiger partial charge is 0.124 e. The number of halogens is 2. The molecule has 20 heavy (non-hydrogen) atoms. The van der Waals surface area contributed by atoms with Crippen LogP contribution in [0.1, 0.15) is 35.7 Å². The zero-order valence-corrected chi connectivity index (χ0v) is 13.0. The van der Waals surface area contributed by atoms with E-state index in [1.54, 1.807) is 0 Å². The minimum Gasteiger partial charge on any atom is -0.306 e. The van der Waals surface area contributed by atoms with E-state index in [9.17, 15) is 4.39 Å². The van der Waals surface area contributed by atoms with Crippen LogP contribution in [0.25, 0.3) is 0 Å². The zero-order chi connectivity index (χ0) is 14.1. The molecule has 0 fully saturated rings. The molecule has 5 heteroatoms. The van der Waals surface area contributed by atoms with Crippen LogP contribution in [0.5, 0.6) is 0 Å². The van der Waals surface area contributed by atoms with Crippen LogP contribution in [0.3, 0.4) is 0 Å². The van der Waals surface area contributed by atoms with Gasteiger partial charge in [0.1, 0.15) is 5.82 Å². The Kier molecular flexibility index (Phi) is 3.89. The normalized spacial score (nSPS) is 18.1. The lowest BCUT2D eigenvalue weighted by Crippen LogP contribution is -2.25. The van der Waals surface area contributed by atoms with Crippen LogP contribution in [0, 0.1) is 5.82 Å². The van der Waals surface area contributed by atoms with E-state index < -0.39 is 0 Å². The maximum absolute atomic E-state index is 13.1. The first kappa shape index (κ1) is 13.8. The summed E-state index contributed by atoms with van der Waals surface area (Å²) in [5, 5.41) is 7.91. The Morgan fingerprint density at radius 1 is 1.50 bits per heavy atom. The van der Waals surface area contributed by atoms with Crippen LogP contribution in [0.2, 0.25) is 0 Å². The molecule has 3 nitrogen and oxygen atoms in total. The number of fused-ring (bicyclic) bond motifs is 1. The van der Waals surface area contributed by atoms with Gasteiger partial charge in [-0.15, -0.1) is 0 Å². The molecular formula is C15H17BrFN3. The highest BCUT2D eigenvalue weighted by atomic mass is 79.9. The highest BCUT2D eigenvalue weighted by molar-refractivity contribution is 9.10. The largest absolute Gasteiger partial charge is 0.306 e. The molecule has 1 aromatic carbocycles. The molecule has 0 saturated carbocycles. The molecule has 2 aromatic rings. The number of aryl methyl sites for hydroxylation is 1. The molecule has 0 radical (unpaired) electrons. The first-order valence-corrected chi connectivity index (χ1v) is 7.62. The zero-order valence-electron chi connectivity index (χ0n) is 11.4. The summed E-state index contributed by atoms with van der Waals surface area (Å²) in [6.45, 7) is 0.722. The highest BCUT2D eigenvalue weighted by Gasteiger charge is 2.22. The molecule has 1 aliphatic carbocycles. The standard InChI is InChI=1S/C15H17BrFN3/c1-20-15-4-2-3-14(12(15)9-19-20)18-8-10-5-6-11(17)7-13(10)16/h5-7,9,14,18H,2-4,8H2,1H3. The molecule has 0 amide bonds. The highest BCUT2D eigenvalue weighted by Crippen LogP contribution is 2.29. The minimum atomic E-state index is -0.215. The quantitative estimate of drug-likeness (QED) is 0.929. The number of rotatable bonds is 3. The van der Waals surface area contributed by atoms with Gasteiger partial charge in [-0.05, 0) is 37.0 Å². The average molecular weight is 338 g/mol. The summed E-state index contributed by atoms with van der Waals surface area (Å²) < 4.78 is 15.9. The number of nitrogens with zero attached hydrogens (tertiary/aromatic N) is 2. The van der Waals surface area contributed by atoms with Crippen LogP contribution in [-0.4, -0.2) is 9.78 Å². The summed E-state index contributed by atoms with van der Waals surface area (Å²) in [5.41, 5.74) is 3.70. The van der Waals surface area contributed by atoms with Gasteiger partial charge in [0.05, 0.1) is 6.20 Å². The predicted molar refractivity (Wildman–Crippen MR) is 79.8 cm³/mol. The molecule has 1 aromatic heterocycles. The number of benzene rings is 1. The SMILES string of the molecule is Cn1ncc2c1CCCC2NCc1ccc(F)cc1Br. The fraction of sp³-hybridized carbons (Fsp3) is 0.400. The van der Waals surface area contributed by atoms with Crippen molar-refractivity contribution in [1.29, 1.82) is 0 Å². The summed E-state index contributed by atoms with van der Waals surface area (Å²) in [5.74, 6) is -0.215. The van der Waals surface area contributed by atoms with Gasteiger partial charge >= 0.3 is 0 Å². The van der Waals surface area contributed by atoms with Gasteiger partial charge < -0.3 is 5.32 Å². The minimum absolute atomic E-state index is 0.215. The van der Waals surface area contributed by atoms with Crippen LogP contribution in [0.15, 0.2) is 28.9 Å². The Morgan fingerprint density at radius 3 is 3.15 bits per heavy atom. The van der Waals surface area contributed by atoms with Crippen molar-refractivity contribution in [2.45, 2.75) is 31.8 Å². The molecule has 106 valence electrons. The maximum Gasteiger partial charge on any atom is 0.124 e. The Balaban J connectivity index is 1.73. The van der Waals surface area contributed by atoms with E-state index >= 15 is 0 Å². The van der Waals surface area contributed by atoms with Crippen molar-refractivity contribution < 1.29 is 4.39 Å². The van der Waals surface area contributed by atoms with Crippen molar-refractivity contribution in [2.75, 3.05) is 0 Å². The molecule has 0 spiro atoms.